The van der Waals surface area contributed by atoms with Crippen molar-refractivity contribution in [3.8, 4) is 0 Å². The van der Waals surface area contributed by atoms with E-state index < -0.39 is 11.6 Å². The molecule has 0 saturated carbocycles. The van der Waals surface area contributed by atoms with Crippen LogP contribution in [-0.4, -0.2) is 0 Å². The van der Waals surface area contributed by atoms with Crippen molar-refractivity contribution in [2.45, 2.75) is 13.0 Å². The Kier molecular flexibility index (Phi) is 4.74. The van der Waals surface area contributed by atoms with Crippen molar-refractivity contribution < 1.29 is 8.78 Å². The number of anilines is 1. The van der Waals surface area contributed by atoms with Crippen molar-refractivity contribution in [1.82, 2.24) is 0 Å². The molecule has 0 spiro atoms. The molecule has 1 atom stereocenters. The van der Waals surface area contributed by atoms with Crippen LogP contribution in [0.25, 0.3) is 0 Å². The van der Waals surface area contributed by atoms with E-state index in [1.807, 2.05) is 0 Å². The number of benzene rings is 2. The van der Waals surface area contributed by atoms with Crippen molar-refractivity contribution in [2.75, 3.05) is 5.32 Å². The summed E-state index contributed by atoms with van der Waals surface area (Å²) in [6, 6.07) is 6.55. The van der Waals surface area contributed by atoms with Gasteiger partial charge in [-0.15, -0.1) is 0 Å². The molecule has 0 heterocycles. The first-order chi connectivity index (χ1) is 9.38. The molecule has 6 heteroatoms. The molecule has 20 heavy (non-hydrogen) atoms. The average Bonchev–Trinajstić information content (AvgIpc) is 2.39. The molecule has 0 aliphatic carbocycles. The molecule has 1 nitrogen and oxygen atoms in total. The summed E-state index contributed by atoms with van der Waals surface area (Å²) in [5, 5.41) is 4.18. The number of hydrogen-bond acceptors (Lipinski definition) is 1. The smallest absolute Gasteiger partial charge is 0.159 e. The molecule has 2 aromatic carbocycles. The normalized spacial score (nSPS) is 12.3. The van der Waals surface area contributed by atoms with E-state index in [-0.39, 0.29) is 6.04 Å². The summed E-state index contributed by atoms with van der Waals surface area (Å²) >= 11 is 17.8. The quantitative estimate of drug-likeness (QED) is 0.668. The molecule has 0 aliphatic heterocycles. The van der Waals surface area contributed by atoms with Gasteiger partial charge in [0.05, 0.1) is 20.8 Å². The minimum Gasteiger partial charge on any atom is -0.377 e. The van der Waals surface area contributed by atoms with Crippen molar-refractivity contribution >= 4 is 40.5 Å². The Bertz CT molecular complexity index is 647. The number of halogens is 5. The number of rotatable bonds is 3. The summed E-state index contributed by atoms with van der Waals surface area (Å²) in [6.45, 7) is 1.80. The fraction of sp³-hybridized carbons (Fsp3) is 0.143. The standard InChI is InChI=1S/C14H10Cl3F2N/c1-7(8-2-3-12(18)13(19)4-8)20-14-6-10(16)9(15)5-11(14)17/h2-7,20H,1H3. The van der Waals surface area contributed by atoms with Crippen LogP contribution in [0, 0.1) is 11.6 Å². The van der Waals surface area contributed by atoms with Gasteiger partial charge in [0.1, 0.15) is 0 Å². The molecule has 2 rings (SSSR count). The third-order valence-electron chi connectivity index (χ3n) is 2.83. The van der Waals surface area contributed by atoms with Crippen LogP contribution in [-0.2, 0) is 0 Å². The highest BCUT2D eigenvalue weighted by Crippen LogP contribution is 2.34. The molecule has 106 valence electrons. The lowest BCUT2D eigenvalue weighted by molar-refractivity contribution is 0.506. The Morgan fingerprint density at radius 3 is 2.20 bits per heavy atom. The van der Waals surface area contributed by atoms with Crippen LogP contribution in [0.15, 0.2) is 30.3 Å². The Hall–Kier alpha value is -1.03. The maximum absolute atomic E-state index is 13.2. The summed E-state index contributed by atoms with van der Waals surface area (Å²) in [5.41, 5.74) is 1.16. The zero-order valence-corrected chi connectivity index (χ0v) is 12.6. The highest BCUT2D eigenvalue weighted by molar-refractivity contribution is 6.44. The zero-order valence-electron chi connectivity index (χ0n) is 10.4. The van der Waals surface area contributed by atoms with Crippen molar-refractivity contribution in [1.29, 1.82) is 0 Å². The molecule has 0 aromatic heterocycles. The highest BCUT2D eigenvalue weighted by Gasteiger charge is 2.12. The first-order valence-electron chi connectivity index (χ1n) is 5.74. The predicted octanol–water partition coefficient (Wildman–Crippen LogP) is 6.10. The number of nitrogens with one attached hydrogen (secondary N) is 1. The maximum Gasteiger partial charge on any atom is 0.159 e. The van der Waals surface area contributed by atoms with Gasteiger partial charge >= 0.3 is 0 Å². The summed E-state index contributed by atoms with van der Waals surface area (Å²) in [6.07, 6.45) is 0. The second kappa shape index (κ2) is 6.17. The van der Waals surface area contributed by atoms with Crippen LogP contribution >= 0.6 is 34.8 Å². The van der Waals surface area contributed by atoms with Crippen LogP contribution in [0.3, 0.4) is 0 Å². The lowest BCUT2D eigenvalue weighted by Crippen LogP contribution is -2.07. The van der Waals surface area contributed by atoms with Gasteiger partial charge in [0.2, 0.25) is 0 Å². The van der Waals surface area contributed by atoms with Crippen molar-refractivity contribution in [3.05, 3.63) is 62.6 Å². The summed E-state index contributed by atoms with van der Waals surface area (Å²) < 4.78 is 26.1. The molecule has 0 amide bonds. The molecule has 0 fully saturated rings. The lowest BCUT2D eigenvalue weighted by Gasteiger charge is -2.17. The van der Waals surface area contributed by atoms with E-state index >= 15 is 0 Å². The molecule has 1 N–H and O–H groups in total. The van der Waals surface area contributed by atoms with Crippen LogP contribution in [0.5, 0.6) is 0 Å². The van der Waals surface area contributed by atoms with Gasteiger partial charge in [0.15, 0.2) is 11.6 Å². The van der Waals surface area contributed by atoms with Gasteiger partial charge in [-0.2, -0.15) is 0 Å². The van der Waals surface area contributed by atoms with Crippen LogP contribution < -0.4 is 5.32 Å². The van der Waals surface area contributed by atoms with Crippen molar-refractivity contribution in [3.63, 3.8) is 0 Å². The van der Waals surface area contributed by atoms with Gasteiger partial charge in [-0.3, -0.25) is 0 Å². The minimum atomic E-state index is -0.892. The van der Waals surface area contributed by atoms with Gasteiger partial charge in [0, 0.05) is 6.04 Å². The molecule has 0 bridgehead atoms. The number of hydrogen-bond donors (Lipinski definition) is 1. The SMILES string of the molecule is CC(Nc1cc(Cl)c(Cl)cc1Cl)c1ccc(F)c(F)c1. The second-order valence-corrected chi connectivity index (χ2v) is 5.51. The molecule has 0 radical (unpaired) electrons. The third-order valence-corrected chi connectivity index (χ3v) is 3.86. The fourth-order valence-corrected chi connectivity index (χ4v) is 2.33. The second-order valence-electron chi connectivity index (χ2n) is 4.29. The molecule has 1 unspecified atom stereocenters. The van der Waals surface area contributed by atoms with Crippen LogP contribution in [0.2, 0.25) is 15.1 Å². The van der Waals surface area contributed by atoms with E-state index in [9.17, 15) is 8.78 Å². The monoisotopic (exact) mass is 335 g/mol. The predicted molar refractivity (Wildman–Crippen MR) is 79.9 cm³/mol. The zero-order chi connectivity index (χ0) is 14.9. The minimum absolute atomic E-state index is 0.278. The molecule has 0 aliphatic rings. The van der Waals surface area contributed by atoms with Gasteiger partial charge < -0.3 is 5.32 Å². The average molecular weight is 337 g/mol. The van der Waals surface area contributed by atoms with Gasteiger partial charge in [-0.1, -0.05) is 40.9 Å². The van der Waals surface area contributed by atoms with E-state index in [1.165, 1.54) is 12.1 Å². The summed E-state index contributed by atoms with van der Waals surface area (Å²) in [7, 11) is 0. The molecule has 0 saturated heterocycles. The first-order valence-corrected chi connectivity index (χ1v) is 6.88. The lowest BCUT2D eigenvalue weighted by atomic mass is 10.1. The Morgan fingerprint density at radius 1 is 0.900 bits per heavy atom. The van der Waals surface area contributed by atoms with E-state index in [4.69, 9.17) is 34.8 Å². The Labute approximate surface area is 130 Å². The Balaban J connectivity index is 2.25. The molecular weight excluding hydrogens is 327 g/mol. The third kappa shape index (κ3) is 3.35. The summed E-state index contributed by atoms with van der Waals surface area (Å²) in [5.74, 6) is -1.77. The highest BCUT2D eigenvalue weighted by atomic mass is 35.5. The van der Waals surface area contributed by atoms with E-state index in [0.717, 1.165) is 12.1 Å². The van der Waals surface area contributed by atoms with Crippen LogP contribution in [0.1, 0.15) is 18.5 Å². The van der Waals surface area contributed by atoms with E-state index in [2.05, 4.69) is 5.32 Å². The van der Waals surface area contributed by atoms with Gasteiger partial charge in [0.25, 0.3) is 0 Å². The molecular formula is C14H10Cl3F2N. The first kappa shape index (κ1) is 15.4. The van der Waals surface area contributed by atoms with Crippen LogP contribution in [0.4, 0.5) is 14.5 Å². The maximum atomic E-state index is 13.2. The van der Waals surface area contributed by atoms with Gasteiger partial charge in [-0.05, 0) is 36.8 Å². The molecule has 2 aromatic rings. The van der Waals surface area contributed by atoms with Crippen molar-refractivity contribution in [2.24, 2.45) is 0 Å². The largest absolute Gasteiger partial charge is 0.377 e. The Morgan fingerprint density at radius 2 is 1.55 bits per heavy atom. The van der Waals surface area contributed by atoms with Gasteiger partial charge in [-0.25, -0.2) is 8.78 Å². The van der Waals surface area contributed by atoms with E-state index in [1.54, 1.807) is 13.0 Å². The van der Waals surface area contributed by atoms with E-state index in [0.29, 0.717) is 26.3 Å². The summed E-state index contributed by atoms with van der Waals surface area (Å²) in [4.78, 5) is 0. The topological polar surface area (TPSA) is 12.0 Å². The fourth-order valence-electron chi connectivity index (χ4n) is 1.73.